The summed E-state index contributed by atoms with van der Waals surface area (Å²) < 4.78 is 10.7. The third-order valence-electron chi connectivity index (χ3n) is 2.99. The minimum atomic E-state index is 0.276. The molecule has 0 saturated heterocycles. The number of hydrogen-bond donors (Lipinski definition) is 1. The van der Waals surface area contributed by atoms with Gasteiger partial charge in [-0.05, 0) is 12.1 Å². The first-order valence-electron chi connectivity index (χ1n) is 5.52. The van der Waals surface area contributed by atoms with Crippen LogP contribution in [-0.2, 0) is 0 Å². The van der Waals surface area contributed by atoms with Gasteiger partial charge in [-0.1, -0.05) is 0 Å². The quantitative estimate of drug-likeness (QED) is 0.705. The highest BCUT2D eigenvalue weighted by Crippen LogP contribution is 2.38. The summed E-state index contributed by atoms with van der Waals surface area (Å²) in [6, 6.07) is 5.75. The fourth-order valence-corrected chi connectivity index (χ4v) is 2.14. The van der Waals surface area contributed by atoms with E-state index in [1.807, 2.05) is 24.4 Å². The van der Waals surface area contributed by atoms with Crippen molar-refractivity contribution >= 4 is 10.9 Å². The average molecular weight is 238 g/mol. The van der Waals surface area contributed by atoms with E-state index in [-0.39, 0.29) is 6.79 Å². The molecule has 1 N–H and O–H groups in total. The summed E-state index contributed by atoms with van der Waals surface area (Å²) in [4.78, 5) is 11.1. The van der Waals surface area contributed by atoms with Crippen LogP contribution in [0.4, 0.5) is 0 Å². The van der Waals surface area contributed by atoms with Crippen LogP contribution in [0.3, 0.4) is 0 Å². The van der Waals surface area contributed by atoms with Crippen molar-refractivity contribution in [2.75, 3.05) is 6.79 Å². The van der Waals surface area contributed by atoms with Gasteiger partial charge < -0.3 is 14.5 Å². The number of aromatic nitrogens is 3. The van der Waals surface area contributed by atoms with Gasteiger partial charge in [0.15, 0.2) is 17.8 Å². The SMILES string of the molecule is [c]1nccc(-c2c[nH]c3cc4c(cc23)OCO4)n1. The normalized spacial score (nSPS) is 13.1. The lowest BCUT2D eigenvalue weighted by molar-refractivity contribution is 0.174. The fraction of sp³-hybridized carbons (Fsp3) is 0.0769. The standard InChI is InChI=1S/C13H8N3O2/c1-2-14-6-16-10(1)9-5-15-11-4-13-12(3-8(9)11)17-7-18-13/h1-5,15H,7H2. The molecule has 2 aromatic heterocycles. The first-order valence-corrected chi connectivity index (χ1v) is 5.52. The van der Waals surface area contributed by atoms with Gasteiger partial charge >= 0.3 is 0 Å². The highest BCUT2D eigenvalue weighted by atomic mass is 16.7. The Labute approximate surface area is 102 Å². The number of fused-ring (bicyclic) bond motifs is 2. The molecule has 87 valence electrons. The summed E-state index contributed by atoms with van der Waals surface area (Å²) in [5, 5.41) is 1.05. The van der Waals surface area contributed by atoms with Crippen molar-refractivity contribution in [1.82, 2.24) is 15.0 Å². The third-order valence-corrected chi connectivity index (χ3v) is 2.99. The van der Waals surface area contributed by atoms with Gasteiger partial charge in [0.2, 0.25) is 6.79 Å². The summed E-state index contributed by atoms with van der Waals surface area (Å²) >= 11 is 0. The van der Waals surface area contributed by atoms with Crippen molar-refractivity contribution in [3.05, 3.63) is 36.9 Å². The molecule has 1 aromatic carbocycles. The first kappa shape index (κ1) is 9.47. The van der Waals surface area contributed by atoms with Crippen LogP contribution < -0.4 is 9.47 Å². The van der Waals surface area contributed by atoms with Crippen LogP contribution in [0.25, 0.3) is 22.2 Å². The van der Waals surface area contributed by atoms with E-state index in [0.717, 1.165) is 33.7 Å². The van der Waals surface area contributed by atoms with Gasteiger partial charge in [0.05, 0.1) is 11.2 Å². The molecule has 4 rings (SSSR count). The van der Waals surface area contributed by atoms with E-state index < -0.39 is 0 Å². The Morgan fingerprint density at radius 1 is 1.22 bits per heavy atom. The largest absolute Gasteiger partial charge is 0.454 e. The summed E-state index contributed by atoms with van der Waals surface area (Å²) in [5.41, 5.74) is 2.82. The molecule has 0 aliphatic carbocycles. The molecule has 18 heavy (non-hydrogen) atoms. The number of nitrogens with zero attached hydrogens (tertiary/aromatic N) is 2. The van der Waals surface area contributed by atoms with Crippen LogP contribution in [0.2, 0.25) is 0 Å². The van der Waals surface area contributed by atoms with Gasteiger partial charge in [0.25, 0.3) is 0 Å². The second-order valence-electron chi connectivity index (χ2n) is 4.00. The molecule has 1 aliphatic rings. The molecule has 1 aliphatic heterocycles. The molecule has 0 fully saturated rings. The molecular formula is C13H8N3O2. The highest BCUT2D eigenvalue weighted by Gasteiger charge is 2.17. The maximum atomic E-state index is 5.39. The highest BCUT2D eigenvalue weighted by molar-refractivity contribution is 5.96. The molecule has 1 radical (unpaired) electrons. The summed E-state index contributed by atoms with van der Waals surface area (Å²) in [5.74, 6) is 1.53. The molecular weight excluding hydrogens is 230 g/mol. The van der Waals surface area contributed by atoms with Crippen LogP contribution in [0.1, 0.15) is 0 Å². The van der Waals surface area contributed by atoms with E-state index in [9.17, 15) is 0 Å². The molecule has 0 atom stereocenters. The topological polar surface area (TPSA) is 60.0 Å². The zero-order chi connectivity index (χ0) is 11.9. The van der Waals surface area contributed by atoms with E-state index >= 15 is 0 Å². The smallest absolute Gasteiger partial charge is 0.231 e. The Morgan fingerprint density at radius 3 is 2.94 bits per heavy atom. The molecule has 0 saturated carbocycles. The van der Waals surface area contributed by atoms with Crippen molar-refractivity contribution in [3.63, 3.8) is 0 Å². The Hall–Kier alpha value is -2.56. The Kier molecular flexibility index (Phi) is 1.82. The minimum absolute atomic E-state index is 0.276. The maximum Gasteiger partial charge on any atom is 0.231 e. The van der Waals surface area contributed by atoms with Gasteiger partial charge in [-0.2, -0.15) is 0 Å². The predicted octanol–water partition coefficient (Wildman–Crippen LogP) is 2.15. The molecule has 3 heterocycles. The Balaban J connectivity index is 1.98. The van der Waals surface area contributed by atoms with Crippen LogP contribution >= 0.6 is 0 Å². The molecule has 0 spiro atoms. The van der Waals surface area contributed by atoms with Crippen LogP contribution in [0.15, 0.2) is 30.6 Å². The van der Waals surface area contributed by atoms with Gasteiger partial charge in [-0.3, -0.25) is 0 Å². The predicted molar refractivity (Wildman–Crippen MR) is 64.3 cm³/mol. The van der Waals surface area contributed by atoms with Crippen molar-refractivity contribution < 1.29 is 9.47 Å². The van der Waals surface area contributed by atoms with E-state index in [4.69, 9.17) is 9.47 Å². The molecule has 5 nitrogen and oxygen atoms in total. The summed E-state index contributed by atoms with van der Waals surface area (Å²) in [6.07, 6.45) is 6.18. The Bertz CT molecular complexity index is 722. The number of nitrogens with one attached hydrogen (secondary N) is 1. The third kappa shape index (κ3) is 1.27. The lowest BCUT2D eigenvalue weighted by Gasteiger charge is -1.99. The van der Waals surface area contributed by atoms with Crippen LogP contribution in [-0.4, -0.2) is 21.7 Å². The fourth-order valence-electron chi connectivity index (χ4n) is 2.14. The van der Waals surface area contributed by atoms with Crippen molar-refractivity contribution in [3.8, 4) is 22.8 Å². The van der Waals surface area contributed by atoms with E-state index in [1.54, 1.807) is 6.20 Å². The van der Waals surface area contributed by atoms with Crippen LogP contribution in [0, 0.1) is 6.33 Å². The van der Waals surface area contributed by atoms with Gasteiger partial charge in [-0.25, -0.2) is 9.97 Å². The number of benzene rings is 1. The number of ether oxygens (including phenoxy) is 2. The number of aromatic amines is 1. The summed E-state index contributed by atoms with van der Waals surface area (Å²) in [7, 11) is 0. The monoisotopic (exact) mass is 238 g/mol. The maximum absolute atomic E-state index is 5.39. The summed E-state index contributed by atoms with van der Waals surface area (Å²) in [6.45, 7) is 0.276. The molecule has 0 unspecified atom stereocenters. The van der Waals surface area contributed by atoms with E-state index in [1.165, 1.54) is 0 Å². The Morgan fingerprint density at radius 2 is 2.11 bits per heavy atom. The van der Waals surface area contributed by atoms with E-state index in [2.05, 4.69) is 21.3 Å². The first-order chi connectivity index (χ1) is 8.92. The van der Waals surface area contributed by atoms with Gasteiger partial charge in [-0.15, -0.1) is 0 Å². The number of hydrogen-bond acceptors (Lipinski definition) is 4. The second-order valence-corrected chi connectivity index (χ2v) is 4.00. The number of H-pyrrole nitrogens is 1. The molecule has 3 aromatic rings. The van der Waals surface area contributed by atoms with Gasteiger partial charge in [0.1, 0.15) is 0 Å². The van der Waals surface area contributed by atoms with Gasteiger partial charge in [0, 0.05) is 29.4 Å². The van der Waals surface area contributed by atoms with Crippen molar-refractivity contribution in [2.45, 2.75) is 0 Å². The second kappa shape index (κ2) is 3.46. The van der Waals surface area contributed by atoms with Crippen molar-refractivity contribution in [1.29, 1.82) is 0 Å². The van der Waals surface area contributed by atoms with Crippen molar-refractivity contribution in [2.24, 2.45) is 0 Å². The molecule has 0 bridgehead atoms. The van der Waals surface area contributed by atoms with Crippen LogP contribution in [0.5, 0.6) is 11.5 Å². The zero-order valence-corrected chi connectivity index (χ0v) is 9.30. The van der Waals surface area contributed by atoms with E-state index in [0.29, 0.717) is 0 Å². The molecule has 5 heteroatoms. The lowest BCUT2D eigenvalue weighted by atomic mass is 10.1. The average Bonchev–Trinajstić information content (AvgIpc) is 3.02. The number of rotatable bonds is 1. The minimum Gasteiger partial charge on any atom is -0.454 e. The molecule has 0 amide bonds. The lowest BCUT2D eigenvalue weighted by Crippen LogP contribution is -1.92. The zero-order valence-electron chi connectivity index (χ0n) is 9.30.